The number of thioether (sulfide) groups is 1. The Hall–Kier alpha value is -4.39. The maximum Gasteiger partial charge on any atom is 0.348 e. The second-order valence-electron chi connectivity index (χ2n) is 11.6. The minimum Gasteiger partial charge on any atom is -0.462 e. The topological polar surface area (TPSA) is 130 Å². The summed E-state index contributed by atoms with van der Waals surface area (Å²) in [5.74, 6) is -0.944. The van der Waals surface area contributed by atoms with Gasteiger partial charge in [0.25, 0.3) is 0 Å². The van der Waals surface area contributed by atoms with E-state index < -0.39 is 16.8 Å². The number of aromatic nitrogens is 3. The summed E-state index contributed by atoms with van der Waals surface area (Å²) >= 11 is 2.44. The Morgan fingerprint density at radius 2 is 1.69 bits per heavy atom. The van der Waals surface area contributed by atoms with E-state index in [4.69, 9.17) is 24.6 Å². The van der Waals surface area contributed by atoms with Gasteiger partial charge in [-0.1, -0.05) is 68.1 Å². The summed E-state index contributed by atoms with van der Waals surface area (Å²) in [6.45, 7) is 9.51. The highest BCUT2D eigenvalue weighted by Crippen LogP contribution is 2.46. The molecule has 0 spiro atoms. The number of aryl methyl sites for hydroxylation is 3. The van der Waals surface area contributed by atoms with E-state index in [-0.39, 0.29) is 36.4 Å². The first-order valence-corrected chi connectivity index (χ1v) is 17.2. The van der Waals surface area contributed by atoms with Crippen molar-refractivity contribution in [1.82, 2.24) is 15.2 Å². The number of carbonyl (C=O) groups is 2. The fourth-order valence-corrected chi connectivity index (χ4v) is 6.80. The number of thiophene rings is 1. The molecule has 250 valence electrons. The van der Waals surface area contributed by atoms with Gasteiger partial charge in [-0.2, -0.15) is 0 Å². The van der Waals surface area contributed by atoms with Crippen LogP contribution in [0.15, 0.2) is 76.2 Å². The maximum atomic E-state index is 13.9. The first-order chi connectivity index (χ1) is 23.0. The molecule has 9 nitrogen and oxygen atoms in total. The molecule has 12 heteroatoms. The van der Waals surface area contributed by atoms with Gasteiger partial charge in [-0.3, -0.25) is 0 Å². The molecule has 3 heterocycles. The van der Waals surface area contributed by atoms with Gasteiger partial charge in [0.1, 0.15) is 27.9 Å². The molecule has 0 saturated carbocycles. The summed E-state index contributed by atoms with van der Waals surface area (Å²) in [5, 5.41) is 8.78. The maximum absolute atomic E-state index is 13.9. The molecule has 0 aliphatic rings. The zero-order valence-corrected chi connectivity index (χ0v) is 29.0. The molecular formula is C36H37FN4O5S2. The lowest BCUT2D eigenvalue weighted by molar-refractivity contribution is 0.0476. The first-order valence-electron chi connectivity index (χ1n) is 15.5. The average molecular weight is 689 g/mol. The number of halogens is 1. The molecule has 0 unspecified atom stereocenters. The van der Waals surface area contributed by atoms with Crippen molar-refractivity contribution in [2.24, 2.45) is 11.7 Å². The molecular weight excluding hydrogens is 652 g/mol. The summed E-state index contributed by atoms with van der Waals surface area (Å²) < 4.78 is 30.9. The van der Waals surface area contributed by atoms with Gasteiger partial charge in [-0.05, 0) is 68.0 Å². The molecule has 0 amide bonds. The van der Waals surface area contributed by atoms with Crippen LogP contribution in [0.4, 0.5) is 4.39 Å². The molecule has 3 aromatic heterocycles. The van der Waals surface area contributed by atoms with E-state index in [1.54, 1.807) is 38.1 Å². The normalized spacial score (nSPS) is 12.6. The quantitative estimate of drug-likeness (QED) is 0.0737. The van der Waals surface area contributed by atoms with Crippen LogP contribution in [-0.2, 0) is 28.9 Å². The molecule has 0 saturated heterocycles. The summed E-state index contributed by atoms with van der Waals surface area (Å²) in [6.07, 6.45) is 0.883. The van der Waals surface area contributed by atoms with Gasteiger partial charge in [0, 0.05) is 17.4 Å². The van der Waals surface area contributed by atoms with Crippen LogP contribution < -0.4 is 5.73 Å². The van der Waals surface area contributed by atoms with Crippen molar-refractivity contribution >= 4 is 35.0 Å². The number of ether oxygens (including phenoxy) is 2. The highest BCUT2D eigenvalue weighted by atomic mass is 32.2. The van der Waals surface area contributed by atoms with E-state index in [9.17, 15) is 14.0 Å². The van der Waals surface area contributed by atoms with Crippen LogP contribution in [0.1, 0.15) is 70.4 Å². The Morgan fingerprint density at radius 3 is 2.33 bits per heavy atom. The molecule has 5 rings (SSSR count). The molecule has 2 N–H and O–H groups in total. The molecule has 0 aliphatic heterocycles. The predicted octanol–water partition coefficient (Wildman–Crippen LogP) is 8.05. The van der Waals surface area contributed by atoms with Crippen LogP contribution in [0.2, 0.25) is 0 Å². The number of esters is 2. The lowest BCUT2D eigenvalue weighted by Gasteiger charge is -2.29. The molecule has 5 aromatic rings. The second kappa shape index (κ2) is 15.2. The lowest BCUT2D eigenvalue weighted by Crippen LogP contribution is -2.38. The van der Waals surface area contributed by atoms with Crippen molar-refractivity contribution in [3.8, 4) is 21.9 Å². The van der Waals surface area contributed by atoms with E-state index in [1.165, 1.54) is 35.2 Å². The van der Waals surface area contributed by atoms with Gasteiger partial charge < -0.3 is 19.6 Å². The Labute approximate surface area is 287 Å². The molecule has 2 aromatic carbocycles. The van der Waals surface area contributed by atoms with Gasteiger partial charge in [0.15, 0.2) is 0 Å². The van der Waals surface area contributed by atoms with Crippen molar-refractivity contribution in [2.75, 3.05) is 6.61 Å². The van der Waals surface area contributed by atoms with Crippen molar-refractivity contribution in [1.29, 1.82) is 0 Å². The fraction of sp³-hybridized carbons (Fsp3) is 0.306. The van der Waals surface area contributed by atoms with Crippen LogP contribution in [0.5, 0.6) is 0 Å². The summed E-state index contributed by atoms with van der Waals surface area (Å²) in [7, 11) is 0. The molecule has 48 heavy (non-hydrogen) atoms. The molecule has 0 radical (unpaired) electrons. The van der Waals surface area contributed by atoms with Crippen LogP contribution >= 0.6 is 23.1 Å². The summed E-state index contributed by atoms with van der Waals surface area (Å²) in [6, 6.07) is 19.1. The number of nitrogens with two attached hydrogens (primary N) is 1. The van der Waals surface area contributed by atoms with E-state index in [2.05, 4.69) is 10.2 Å². The first kappa shape index (κ1) is 34.9. The smallest absolute Gasteiger partial charge is 0.348 e. The molecule has 0 bridgehead atoms. The number of hydrogen-bond donors (Lipinski definition) is 1. The molecule has 0 fully saturated rings. The van der Waals surface area contributed by atoms with E-state index in [1.807, 2.05) is 51.1 Å². The minimum atomic E-state index is -0.815. The number of rotatable bonds is 13. The zero-order chi connectivity index (χ0) is 34.4. The third-order valence-electron chi connectivity index (χ3n) is 7.75. The van der Waals surface area contributed by atoms with Crippen molar-refractivity contribution in [3.63, 3.8) is 0 Å². The summed E-state index contributed by atoms with van der Waals surface area (Å²) in [4.78, 5) is 32.3. The standard InChI is InChI=1S/C36H37FN4O5S2/c1-6-44-35(43)31-30(27-18-19-28(47-27)34(42)45-20-24-10-8-7-9-11-24)29(32-41-40-22(4)46-32)26(17-14-23-12-15-25(37)16-13-23)39-33(31)48-36(5,38)21(2)3/h7-13,15-16,18-19,21H,6,14,17,20,38H2,1-5H3/t36-/m0/s1. The number of carbonyl (C=O) groups excluding carboxylic acids is 2. The summed E-state index contributed by atoms with van der Waals surface area (Å²) in [5.41, 5.74) is 10.1. The minimum absolute atomic E-state index is 0.0106. The number of benzene rings is 2. The molecule has 0 aliphatic carbocycles. The van der Waals surface area contributed by atoms with Gasteiger partial charge in [0.2, 0.25) is 11.8 Å². The molecule has 1 atom stereocenters. The Kier molecular flexibility index (Phi) is 11.1. The highest BCUT2D eigenvalue weighted by molar-refractivity contribution is 8.00. The second-order valence-corrected chi connectivity index (χ2v) is 14.2. The fourth-order valence-electron chi connectivity index (χ4n) is 4.75. The Morgan fingerprint density at radius 1 is 0.958 bits per heavy atom. The monoisotopic (exact) mass is 688 g/mol. The predicted molar refractivity (Wildman–Crippen MR) is 184 cm³/mol. The zero-order valence-electron chi connectivity index (χ0n) is 27.4. The van der Waals surface area contributed by atoms with Crippen LogP contribution in [0, 0.1) is 18.7 Å². The van der Waals surface area contributed by atoms with Crippen LogP contribution in [0.25, 0.3) is 21.9 Å². The Bertz CT molecular complexity index is 1890. The lowest BCUT2D eigenvalue weighted by atomic mass is 9.96. The number of nitrogens with zero attached hydrogens (tertiary/aromatic N) is 3. The van der Waals surface area contributed by atoms with Gasteiger partial charge >= 0.3 is 11.9 Å². The SMILES string of the molecule is CCOC(=O)c1c(S[C@](C)(N)C(C)C)nc(CCc2ccc(F)cc2)c(-c2nnc(C)o2)c1-c1ccc(C(=O)OCc2ccccc2)s1. The van der Waals surface area contributed by atoms with Crippen LogP contribution in [0.3, 0.4) is 0 Å². The highest BCUT2D eigenvalue weighted by Gasteiger charge is 2.35. The third kappa shape index (κ3) is 8.18. The van der Waals surface area contributed by atoms with Gasteiger partial charge in [-0.15, -0.1) is 21.5 Å². The average Bonchev–Trinajstić information content (AvgIpc) is 3.73. The van der Waals surface area contributed by atoms with Crippen molar-refractivity contribution in [3.05, 3.63) is 106 Å². The van der Waals surface area contributed by atoms with Crippen LogP contribution in [-0.4, -0.2) is 38.6 Å². The number of pyridine rings is 1. The van der Waals surface area contributed by atoms with Crippen molar-refractivity contribution in [2.45, 2.75) is 64.0 Å². The Balaban J connectivity index is 1.70. The van der Waals surface area contributed by atoms with Gasteiger partial charge in [0.05, 0.1) is 22.7 Å². The van der Waals surface area contributed by atoms with Crippen molar-refractivity contribution < 1.29 is 27.9 Å². The van der Waals surface area contributed by atoms with E-state index in [0.717, 1.165) is 11.1 Å². The van der Waals surface area contributed by atoms with E-state index >= 15 is 0 Å². The number of hydrogen-bond acceptors (Lipinski definition) is 11. The van der Waals surface area contributed by atoms with E-state index in [0.29, 0.717) is 50.3 Å². The van der Waals surface area contributed by atoms with Gasteiger partial charge in [-0.25, -0.2) is 19.0 Å². The third-order valence-corrected chi connectivity index (χ3v) is 10.2. The largest absolute Gasteiger partial charge is 0.462 e.